The maximum Gasteiger partial charge on any atom is 0.343 e. The molecule has 0 radical (unpaired) electrons. The summed E-state index contributed by atoms with van der Waals surface area (Å²) >= 11 is 6.11. The van der Waals surface area contributed by atoms with Gasteiger partial charge < -0.3 is 0 Å². The number of H-pyrrole nitrogens is 1. The molecular formula is C12H14ClN3O. The van der Waals surface area contributed by atoms with Crippen molar-refractivity contribution in [1.82, 2.24) is 14.8 Å². The van der Waals surface area contributed by atoms with E-state index in [0.717, 1.165) is 5.56 Å². The third kappa shape index (κ3) is 2.42. The summed E-state index contributed by atoms with van der Waals surface area (Å²) < 4.78 is 1.62. The summed E-state index contributed by atoms with van der Waals surface area (Å²) in [6.07, 6.45) is 0. The van der Waals surface area contributed by atoms with Gasteiger partial charge in [-0.3, -0.25) is 4.57 Å². The molecular weight excluding hydrogens is 238 g/mol. The Kier molecular flexibility index (Phi) is 3.33. The first kappa shape index (κ1) is 11.9. The minimum absolute atomic E-state index is 0.200. The first-order valence-electron chi connectivity index (χ1n) is 5.49. The molecule has 1 aromatic carbocycles. The minimum atomic E-state index is -0.200. The van der Waals surface area contributed by atoms with Gasteiger partial charge in [-0.05, 0) is 18.1 Å². The molecule has 1 aromatic heterocycles. The average Bonchev–Trinajstić information content (AvgIpc) is 2.61. The van der Waals surface area contributed by atoms with E-state index in [4.69, 9.17) is 11.6 Å². The third-order valence-electron chi connectivity index (χ3n) is 2.42. The molecule has 5 heteroatoms. The van der Waals surface area contributed by atoms with E-state index in [1.165, 1.54) is 0 Å². The SMILES string of the molecule is CC(C)Cn1c(-c2ccccc2Cl)n[nH]c1=O. The van der Waals surface area contributed by atoms with Crippen LogP contribution in [-0.4, -0.2) is 14.8 Å². The van der Waals surface area contributed by atoms with Crippen molar-refractivity contribution in [3.8, 4) is 11.4 Å². The second kappa shape index (κ2) is 4.75. The topological polar surface area (TPSA) is 50.7 Å². The van der Waals surface area contributed by atoms with Crippen molar-refractivity contribution in [2.24, 2.45) is 5.92 Å². The molecule has 0 saturated carbocycles. The fourth-order valence-corrected chi connectivity index (χ4v) is 1.92. The number of nitrogens with zero attached hydrogens (tertiary/aromatic N) is 2. The zero-order chi connectivity index (χ0) is 12.4. The number of benzene rings is 1. The Morgan fingerprint density at radius 3 is 2.76 bits per heavy atom. The fraction of sp³-hybridized carbons (Fsp3) is 0.333. The highest BCUT2D eigenvalue weighted by Crippen LogP contribution is 2.25. The van der Waals surface area contributed by atoms with Crippen molar-refractivity contribution in [3.05, 3.63) is 39.8 Å². The third-order valence-corrected chi connectivity index (χ3v) is 2.75. The first-order valence-corrected chi connectivity index (χ1v) is 5.87. The van der Waals surface area contributed by atoms with Crippen LogP contribution in [0.25, 0.3) is 11.4 Å². The van der Waals surface area contributed by atoms with Gasteiger partial charge in [-0.25, -0.2) is 9.89 Å². The summed E-state index contributed by atoms with van der Waals surface area (Å²) in [5, 5.41) is 7.10. The Balaban J connectivity index is 2.53. The minimum Gasteiger partial charge on any atom is -0.275 e. The lowest BCUT2D eigenvalue weighted by atomic mass is 10.2. The van der Waals surface area contributed by atoms with E-state index >= 15 is 0 Å². The molecule has 0 bridgehead atoms. The molecule has 0 saturated heterocycles. The molecule has 0 spiro atoms. The molecule has 0 unspecified atom stereocenters. The van der Waals surface area contributed by atoms with E-state index in [1.807, 2.05) is 18.2 Å². The van der Waals surface area contributed by atoms with Gasteiger partial charge in [-0.15, -0.1) is 0 Å². The Bertz CT molecular complexity index is 571. The van der Waals surface area contributed by atoms with Crippen LogP contribution in [0, 0.1) is 5.92 Å². The Labute approximate surface area is 104 Å². The quantitative estimate of drug-likeness (QED) is 0.912. The number of hydrogen-bond donors (Lipinski definition) is 1. The smallest absolute Gasteiger partial charge is 0.275 e. The molecule has 0 aliphatic heterocycles. The van der Waals surface area contributed by atoms with Gasteiger partial charge in [0.05, 0.1) is 5.02 Å². The van der Waals surface area contributed by atoms with Crippen LogP contribution in [-0.2, 0) is 6.54 Å². The molecule has 0 atom stereocenters. The van der Waals surface area contributed by atoms with Crippen molar-refractivity contribution in [2.45, 2.75) is 20.4 Å². The first-order chi connectivity index (χ1) is 8.09. The number of halogens is 1. The van der Waals surface area contributed by atoms with Gasteiger partial charge in [0, 0.05) is 12.1 Å². The fourth-order valence-electron chi connectivity index (χ4n) is 1.70. The van der Waals surface area contributed by atoms with Crippen LogP contribution in [0.5, 0.6) is 0 Å². The number of aromatic amines is 1. The second-order valence-corrected chi connectivity index (χ2v) is 4.74. The van der Waals surface area contributed by atoms with E-state index < -0.39 is 0 Å². The zero-order valence-corrected chi connectivity index (χ0v) is 10.5. The summed E-state index contributed by atoms with van der Waals surface area (Å²) in [5.41, 5.74) is 0.571. The van der Waals surface area contributed by atoms with Crippen LogP contribution in [0.2, 0.25) is 5.02 Å². The molecule has 90 valence electrons. The standard InChI is InChI=1S/C12H14ClN3O/c1-8(2)7-16-11(14-15-12(16)17)9-5-3-4-6-10(9)13/h3-6,8H,7H2,1-2H3,(H,15,17). The number of nitrogens with one attached hydrogen (secondary N) is 1. The highest BCUT2D eigenvalue weighted by atomic mass is 35.5. The number of rotatable bonds is 3. The molecule has 17 heavy (non-hydrogen) atoms. The molecule has 0 aliphatic rings. The van der Waals surface area contributed by atoms with Crippen LogP contribution in [0.3, 0.4) is 0 Å². The molecule has 0 amide bonds. The summed E-state index contributed by atoms with van der Waals surface area (Å²) in [6.45, 7) is 4.72. The Hall–Kier alpha value is -1.55. The number of aromatic nitrogens is 3. The van der Waals surface area contributed by atoms with E-state index in [1.54, 1.807) is 10.6 Å². The lowest BCUT2D eigenvalue weighted by molar-refractivity contribution is 0.515. The predicted molar refractivity (Wildman–Crippen MR) is 68.1 cm³/mol. The molecule has 0 fully saturated rings. The van der Waals surface area contributed by atoms with E-state index in [9.17, 15) is 4.79 Å². The molecule has 1 N–H and O–H groups in total. The summed E-state index contributed by atoms with van der Waals surface area (Å²) in [7, 11) is 0. The number of hydrogen-bond acceptors (Lipinski definition) is 2. The van der Waals surface area contributed by atoms with E-state index in [-0.39, 0.29) is 5.69 Å². The van der Waals surface area contributed by atoms with Gasteiger partial charge in [0.25, 0.3) is 0 Å². The monoisotopic (exact) mass is 251 g/mol. The van der Waals surface area contributed by atoms with Crippen LogP contribution in [0.15, 0.2) is 29.1 Å². The van der Waals surface area contributed by atoms with Gasteiger partial charge in [0.1, 0.15) is 0 Å². The summed E-state index contributed by atoms with van der Waals surface area (Å²) in [5.74, 6) is 0.959. The van der Waals surface area contributed by atoms with Gasteiger partial charge in [0.15, 0.2) is 5.82 Å². The van der Waals surface area contributed by atoms with Crippen molar-refractivity contribution >= 4 is 11.6 Å². The predicted octanol–water partition coefficient (Wildman–Crippen LogP) is 2.55. The largest absolute Gasteiger partial charge is 0.343 e. The molecule has 2 aromatic rings. The van der Waals surface area contributed by atoms with E-state index in [0.29, 0.717) is 23.3 Å². The molecule has 2 rings (SSSR count). The van der Waals surface area contributed by atoms with Gasteiger partial charge >= 0.3 is 5.69 Å². The van der Waals surface area contributed by atoms with E-state index in [2.05, 4.69) is 24.0 Å². The highest BCUT2D eigenvalue weighted by molar-refractivity contribution is 6.33. The Morgan fingerprint density at radius 2 is 2.12 bits per heavy atom. The van der Waals surface area contributed by atoms with Gasteiger partial charge in [-0.2, -0.15) is 5.10 Å². The normalized spacial score (nSPS) is 11.1. The van der Waals surface area contributed by atoms with Gasteiger partial charge in [0.2, 0.25) is 0 Å². The van der Waals surface area contributed by atoms with Crippen molar-refractivity contribution in [3.63, 3.8) is 0 Å². The molecule has 4 nitrogen and oxygen atoms in total. The lowest BCUT2D eigenvalue weighted by Crippen LogP contribution is -2.20. The van der Waals surface area contributed by atoms with Crippen LogP contribution in [0.1, 0.15) is 13.8 Å². The lowest BCUT2D eigenvalue weighted by Gasteiger charge is -2.09. The van der Waals surface area contributed by atoms with Gasteiger partial charge in [-0.1, -0.05) is 37.6 Å². The maximum atomic E-state index is 11.7. The van der Waals surface area contributed by atoms with Crippen LogP contribution < -0.4 is 5.69 Å². The zero-order valence-electron chi connectivity index (χ0n) is 9.77. The Morgan fingerprint density at radius 1 is 1.41 bits per heavy atom. The second-order valence-electron chi connectivity index (χ2n) is 4.34. The summed E-state index contributed by atoms with van der Waals surface area (Å²) in [4.78, 5) is 11.7. The molecule has 1 heterocycles. The highest BCUT2D eigenvalue weighted by Gasteiger charge is 2.13. The maximum absolute atomic E-state index is 11.7. The summed E-state index contributed by atoms with van der Waals surface area (Å²) in [6, 6.07) is 7.37. The average molecular weight is 252 g/mol. The van der Waals surface area contributed by atoms with Crippen molar-refractivity contribution < 1.29 is 0 Å². The van der Waals surface area contributed by atoms with Crippen LogP contribution in [0.4, 0.5) is 0 Å². The van der Waals surface area contributed by atoms with Crippen molar-refractivity contribution in [1.29, 1.82) is 0 Å². The van der Waals surface area contributed by atoms with Crippen molar-refractivity contribution in [2.75, 3.05) is 0 Å². The molecule has 0 aliphatic carbocycles. The van der Waals surface area contributed by atoms with Crippen LogP contribution >= 0.6 is 11.6 Å².